The molecule has 1 unspecified atom stereocenters. The molecule has 1 aromatic rings. The average Bonchev–Trinajstić information content (AvgIpc) is 2.38. The first-order chi connectivity index (χ1) is 8.99. The largest absolute Gasteiger partial charge is 0.394 e. The summed E-state index contributed by atoms with van der Waals surface area (Å²) in [5.74, 6) is -0.294. The lowest BCUT2D eigenvalue weighted by Gasteiger charge is -2.13. The lowest BCUT2D eigenvalue weighted by atomic mass is 10.1. The molecule has 0 spiro atoms. The molecule has 0 bridgehead atoms. The molecule has 19 heavy (non-hydrogen) atoms. The SMILES string of the molecule is CCNC(=O)c1ccc([N+](=O)[O-])c(NC(C)CO)c1. The third-order valence-corrected chi connectivity index (χ3v) is 2.47. The topological polar surface area (TPSA) is 104 Å². The van der Waals surface area contributed by atoms with Crippen molar-refractivity contribution >= 4 is 17.3 Å². The number of amides is 1. The Morgan fingerprint density at radius 1 is 1.53 bits per heavy atom. The monoisotopic (exact) mass is 267 g/mol. The Bertz CT molecular complexity index is 476. The highest BCUT2D eigenvalue weighted by Crippen LogP contribution is 2.26. The molecule has 1 aromatic carbocycles. The summed E-state index contributed by atoms with van der Waals surface area (Å²) in [5, 5.41) is 25.3. The van der Waals surface area contributed by atoms with Gasteiger partial charge in [0.2, 0.25) is 0 Å². The van der Waals surface area contributed by atoms with Crippen LogP contribution in [-0.4, -0.2) is 35.1 Å². The van der Waals surface area contributed by atoms with Crippen LogP contribution in [0, 0.1) is 10.1 Å². The van der Waals surface area contributed by atoms with E-state index in [2.05, 4.69) is 10.6 Å². The molecule has 0 saturated carbocycles. The highest BCUT2D eigenvalue weighted by atomic mass is 16.6. The number of nitrogens with zero attached hydrogens (tertiary/aromatic N) is 1. The van der Waals surface area contributed by atoms with E-state index in [1.807, 2.05) is 0 Å². The highest BCUT2D eigenvalue weighted by molar-refractivity contribution is 5.95. The van der Waals surface area contributed by atoms with Crippen molar-refractivity contribution in [1.29, 1.82) is 0 Å². The van der Waals surface area contributed by atoms with Crippen molar-refractivity contribution in [2.75, 3.05) is 18.5 Å². The number of aliphatic hydroxyl groups excluding tert-OH is 1. The fraction of sp³-hybridized carbons (Fsp3) is 0.417. The molecule has 1 amide bonds. The molecule has 0 aromatic heterocycles. The van der Waals surface area contributed by atoms with Gasteiger partial charge in [0.05, 0.1) is 11.5 Å². The fourth-order valence-electron chi connectivity index (χ4n) is 1.53. The first-order valence-electron chi connectivity index (χ1n) is 5.93. The first-order valence-corrected chi connectivity index (χ1v) is 5.93. The van der Waals surface area contributed by atoms with E-state index in [-0.39, 0.29) is 29.9 Å². The number of carbonyl (C=O) groups is 1. The van der Waals surface area contributed by atoms with Gasteiger partial charge in [-0.1, -0.05) is 0 Å². The number of carbonyl (C=O) groups excluding carboxylic acids is 1. The van der Waals surface area contributed by atoms with E-state index < -0.39 is 4.92 Å². The number of benzene rings is 1. The molecule has 104 valence electrons. The summed E-state index contributed by atoms with van der Waals surface area (Å²) >= 11 is 0. The van der Waals surface area contributed by atoms with E-state index in [1.54, 1.807) is 13.8 Å². The van der Waals surface area contributed by atoms with Gasteiger partial charge in [-0.25, -0.2) is 0 Å². The maximum Gasteiger partial charge on any atom is 0.292 e. The zero-order valence-corrected chi connectivity index (χ0v) is 10.8. The first kappa shape index (κ1) is 14.9. The second-order valence-corrected chi connectivity index (χ2v) is 4.08. The maximum absolute atomic E-state index is 11.7. The van der Waals surface area contributed by atoms with Gasteiger partial charge in [0, 0.05) is 24.2 Å². The second kappa shape index (κ2) is 6.69. The van der Waals surface area contributed by atoms with E-state index in [1.165, 1.54) is 18.2 Å². The summed E-state index contributed by atoms with van der Waals surface area (Å²) < 4.78 is 0. The number of hydrogen-bond donors (Lipinski definition) is 3. The molecule has 0 fully saturated rings. The van der Waals surface area contributed by atoms with Crippen LogP contribution in [0.1, 0.15) is 24.2 Å². The summed E-state index contributed by atoms with van der Waals surface area (Å²) in [7, 11) is 0. The van der Waals surface area contributed by atoms with Gasteiger partial charge in [0.1, 0.15) is 5.69 Å². The van der Waals surface area contributed by atoms with Crippen LogP contribution < -0.4 is 10.6 Å². The molecule has 0 aliphatic heterocycles. The van der Waals surface area contributed by atoms with Gasteiger partial charge in [0.15, 0.2) is 0 Å². The summed E-state index contributed by atoms with van der Waals surface area (Å²) in [6.45, 7) is 3.78. The lowest BCUT2D eigenvalue weighted by molar-refractivity contribution is -0.384. The zero-order chi connectivity index (χ0) is 14.4. The van der Waals surface area contributed by atoms with Gasteiger partial charge in [0.25, 0.3) is 11.6 Å². The zero-order valence-electron chi connectivity index (χ0n) is 10.8. The lowest BCUT2D eigenvalue weighted by Crippen LogP contribution is -2.24. The fourth-order valence-corrected chi connectivity index (χ4v) is 1.53. The number of nitrogens with one attached hydrogen (secondary N) is 2. The molecule has 1 rings (SSSR count). The molecule has 7 heteroatoms. The van der Waals surface area contributed by atoms with E-state index in [9.17, 15) is 14.9 Å². The molecule has 1 atom stereocenters. The van der Waals surface area contributed by atoms with E-state index in [0.717, 1.165) is 0 Å². The second-order valence-electron chi connectivity index (χ2n) is 4.08. The molecular formula is C12H17N3O4. The van der Waals surface area contributed by atoms with Crippen LogP contribution in [0.2, 0.25) is 0 Å². The minimum absolute atomic E-state index is 0.131. The Kier molecular flexibility index (Phi) is 5.25. The van der Waals surface area contributed by atoms with Crippen LogP contribution in [0.4, 0.5) is 11.4 Å². The van der Waals surface area contributed by atoms with Crippen molar-refractivity contribution in [1.82, 2.24) is 5.32 Å². The smallest absolute Gasteiger partial charge is 0.292 e. The number of rotatable bonds is 6. The standard InChI is InChI=1S/C12H17N3O4/c1-3-13-12(17)9-4-5-11(15(18)19)10(6-9)14-8(2)7-16/h4-6,8,14,16H,3,7H2,1-2H3,(H,13,17). The van der Waals surface area contributed by atoms with Crippen LogP contribution in [0.5, 0.6) is 0 Å². The summed E-state index contributed by atoms with van der Waals surface area (Å²) in [6.07, 6.45) is 0. The van der Waals surface area contributed by atoms with Gasteiger partial charge in [-0.15, -0.1) is 0 Å². The molecule has 0 aliphatic carbocycles. The van der Waals surface area contributed by atoms with Gasteiger partial charge >= 0.3 is 0 Å². The van der Waals surface area contributed by atoms with Crippen LogP contribution >= 0.6 is 0 Å². The van der Waals surface area contributed by atoms with Crippen molar-refractivity contribution in [2.24, 2.45) is 0 Å². The summed E-state index contributed by atoms with van der Waals surface area (Å²) in [5.41, 5.74) is 0.420. The molecular weight excluding hydrogens is 250 g/mol. The van der Waals surface area contributed by atoms with Gasteiger partial charge in [-0.05, 0) is 26.0 Å². The van der Waals surface area contributed by atoms with Gasteiger partial charge in [-0.3, -0.25) is 14.9 Å². The number of nitro benzene ring substituents is 1. The van der Waals surface area contributed by atoms with E-state index in [4.69, 9.17) is 5.11 Å². The Labute approximate surface area is 110 Å². The van der Waals surface area contributed by atoms with Crippen LogP contribution in [-0.2, 0) is 0 Å². The number of anilines is 1. The summed E-state index contributed by atoms with van der Waals surface area (Å²) in [4.78, 5) is 22.0. The van der Waals surface area contributed by atoms with E-state index >= 15 is 0 Å². The normalized spacial score (nSPS) is 11.7. The van der Waals surface area contributed by atoms with Crippen LogP contribution in [0.25, 0.3) is 0 Å². The van der Waals surface area contributed by atoms with Crippen molar-refractivity contribution in [3.63, 3.8) is 0 Å². The van der Waals surface area contributed by atoms with Crippen molar-refractivity contribution < 1.29 is 14.8 Å². The molecule has 0 radical (unpaired) electrons. The quantitative estimate of drug-likeness (QED) is 0.529. The average molecular weight is 267 g/mol. The maximum atomic E-state index is 11.7. The third-order valence-electron chi connectivity index (χ3n) is 2.47. The number of nitro groups is 1. The van der Waals surface area contributed by atoms with E-state index in [0.29, 0.717) is 12.1 Å². The third kappa shape index (κ3) is 3.92. The molecule has 0 heterocycles. The molecule has 3 N–H and O–H groups in total. The van der Waals surface area contributed by atoms with Gasteiger partial charge in [-0.2, -0.15) is 0 Å². The predicted molar refractivity (Wildman–Crippen MR) is 71.3 cm³/mol. The van der Waals surface area contributed by atoms with Crippen LogP contribution in [0.3, 0.4) is 0 Å². The minimum atomic E-state index is -0.534. The molecule has 0 saturated heterocycles. The van der Waals surface area contributed by atoms with Crippen molar-refractivity contribution in [3.8, 4) is 0 Å². The Morgan fingerprint density at radius 3 is 2.74 bits per heavy atom. The summed E-state index contributed by atoms with van der Waals surface area (Å²) in [6, 6.07) is 3.74. The predicted octanol–water partition coefficient (Wildman–Crippen LogP) is 1.14. The highest BCUT2D eigenvalue weighted by Gasteiger charge is 2.17. The molecule has 0 aliphatic rings. The Morgan fingerprint density at radius 2 is 2.21 bits per heavy atom. The van der Waals surface area contributed by atoms with Crippen LogP contribution in [0.15, 0.2) is 18.2 Å². The minimum Gasteiger partial charge on any atom is -0.394 e. The Hall–Kier alpha value is -2.15. The number of hydrogen-bond acceptors (Lipinski definition) is 5. The van der Waals surface area contributed by atoms with Gasteiger partial charge < -0.3 is 15.7 Å². The number of aliphatic hydroxyl groups is 1. The Balaban J connectivity index is 3.10. The van der Waals surface area contributed by atoms with Crippen molar-refractivity contribution in [3.05, 3.63) is 33.9 Å². The van der Waals surface area contributed by atoms with Crippen molar-refractivity contribution in [2.45, 2.75) is 19.9 Å². The molecule has 7 nitrogen and oxygen atoms in total.